The minimum Gasteiger partial charge on any atom is -0.395 e. The molecule has 0 bridgehead atoms. The van der Waals surface area contributed by atoms with Gasteiger partial charge >= 0.3 is 6.29 Å². The van der Waals surface area contributed by atoms with Gasteiger partial charge in [-0.25, -0.2) is 13.1 Å². The Labute approximate surface area is 225 Å². The molecule has 1 aliphatic carbocycles. The second kappa shape index (κ2) is 9.17. The topological polar surface area (TPSA) is 119 Å². The molecule has 1 atom stereocenters. The van der Waals surface area contributed by atoms with Gasteiger partial charge in [0.25, 0.3) is 0 Å². The van der Waals surface area contributed by atoms with Crippen LogP contribution in [-0.4, -0.2) is 49.2 Å². The molecule has 0 radical (unpaired) electrons. The van der Waals surface area contributed by atoms with Gasteiger partial charge in [-0.1, -0.05) is 26.8 Å². The maximum atomic E-state index is 13.4. The molecule has 39 heavy (non-hydrogen) atoms. The second-order valence-electron chi connectivity index (χ2n) is 11.3. The van der Waals surface area contributed by atoms with Crippen molar-refractivity contribution in [3.05, 3.63) is 53.7 Å². The lowest BCUT2D eigenvalue weighted by atomic mass is 9.92. The summed E-state index contributed by atoms with van der Waals surface area (Å²) in [6.07, 6.45) is -2.50. The van der Waals surface area contributed by atoms with Crippen molar-refractivity contribution < 1.29 is 36.6 Å². The molecule has 0 spiro atoms. The zero-order valence-electron chi connectivity index (χ0n) is 22.0. The molecule has 2 aliphatic rings. The Bertz CT molecular complexity index is 1560. The molecular weight excluding hydrogens is 532 g/mol. The highest BCUT2D eigenvalue weighted by Gasteiger charge is 2.52. The van der Waals surface area contributed by atoms with Crippen molar-refractivity contribution in [3.63, 3.8) is 0 Å². The lowest BCUT2D eigenvalue weighted by molar-refractivity contribution is -0.286. The third-order valence-electron chi connectivity index (χ3n) is 7.04. The molecular formula is C27H31F2N3O6S. The SMILES string of the molecule is CC(C)(C)c1cc2cc(NC(=O)C3(c4ccc5c(c4)OC(F)(F)O5)CC3)ccc2n1C[C@H](O)CNS(C)(=O)=O. The van der Waals surface area contributed by atoms with Gasteiger partial charge in [-0.05, 0) is 54.8 Å². The number of rotatable bonds is 8. The highest BCUT2D eigenvalue weighted by molar-refractivity contribution is 7.88. The summed E-state index contributed by atoms with van der Waals surface area (Å²) in [7, 11) is -3.44. The number of fused-ring (bicyclic) bond motifs is 2. The molecule has 2 heterocycles. The number of halogens is 2. The van der Waals surface area contributed by atoms with E-state index in [0.717, 1.165) is 22.9 Å². The van der Waals surface area contributed by atoms with Gasteiger partial charge in [-0.2, -0.15) is 0 Å². The van der Waals surface area contributed by atoms with Crippen LogP contribution in [0.25, 0.3) is 10.9 Å². The van der Waals surface area contributed by atoms with Gasteiger partial charge in [0.1, 0.15) is 0 Å². The third kappa shape index (κ3) is 5.59. The fraction of sp³-hybridized carbons (Fsp3) is 0.444. The number of aliphatic hydroxyl groups is 1. The van der Waals surface area contributed by atoms with Gasteiger partial charge in [0, 0.05) is 34.2 Å². The second-order valence-corrected chi connectivity index (χ2v) is 13.1. The lowest BCUT2D eigenvalue weighted by Gasteiger charge is -2.24. The monoisotopic (exact) mass is 563 g/mol. The van der Waals surface area contributed by atoms with Gasteiger partial charge in [0.15, 0.2) is 11.5 Å². The Morgan fingerprint density at radius 1 is 1.10 bits per heavy atom. The van der Waals surface area contributed by atoms with Crippen LogP contribution in [0.4, 0.5) is 14.5 Å². The van der Waals surface area contributed by atoms with Gasteiger partial charge in [0.05, 0.1) is 24.3 Å². The quantitative estimate of drug-likeness (QED) is 0.383. The molecule has 1 saturated carbocycles. The first-order chi connectivity index (χ1) is 18.1. The molecule has 3 N–H and O–H groups in total. The van der Waals surface area contributed by atoms with E-state index in [1.807, 2.05) is 43.5 Å². The number of carbonyl (C=O) groups is 1. The number of alkyl halides is 2. The maximum Gasteiger partial charge on any atom is 0.586 e. The Hall–Kier alpha value is -3.22. The molecule has 210 valence electrons. The van der Waals surface area contributed by atoms with E-state index in [2.05, 4.69) is 19.5 Å². The molecule has 9 nitrogen and oxygen atoms in total. The summed E-state index contributed by atoms with van der Waals surface area (Å²) >= 11 is 0. The number of hydrogen-bond donors (Lipinski definition) is 3. The molecule has 5 rings (SSSR count). The largest absolute Gasteiger partial charge is 0.586 e. The van der Waals surface area contributed by atoms with E-state index in [1.165, 1.54) is 12.1 Å². The van der Waals surface area contributed by atoms with Crippen molar-refractivity contribution in [2.45, 2.75) is 63.4 Å². The molecule has 2 aromatic carbocycles. The fourth-order valence-corrected chi connectivity index (χ4v) is 5.45. The van der Waals surface area contributed by atoms with Crippen LogP contribution >= 0.6 is 0 Å². The van der Waals surface area contributed by atoms with E-state index in [0.29, 0.717) is 24.1 Å². The van der Waals surface area contributed by atoms with Crippen LogP contribution in [0.15, 0.2) is 42.5 Å². The van der Waals surface area contributed by atoms with Gasteiger partial charge in [0.2, 0.25) is 15.9 Å². The number of nitrogens with zero attached hydrogens (tertiary/aromatic N) is 1. The van der Waals surface area contributed by atoms with E-state index >= 15 is 0 Å². The number of ether oxygens (including phenoxy) is 2. The van der Waals surface area contributed by atoms with Crippen molar-refractivity contribution in [2.24, 2.45) is 0 Å². The molecule has 1 amide bonds. The number of aromatic nitrogens is 1. The predicted molar refractivity (Wildman–Crippen MR) is 142 cm³/mol. The third-order valence-corrected chi connectivity index (χ3v) is 7.73. The first-order valence-electron chi connectivity index (χ1n) is 12.5. The normalized spacial score (nSPS) is 18.2. The van der Waals surface area contributed by atoms with Crippen LogP contribution in [-0.2, 0) is 32.2 Å². The Kier molecular flexibility index (Phi) is 6.43. The fourth-order valence-electron chi connectivity index (χ4n) is 4.96. The summed E-state index contributed by atoms with van der Waals surface area (Å²) < 4.78 is 63.1. The van der Waals surface area contributed by atoms with Gasteiger partial charge < -0.3 is 24.5 Å². The number of nitrogens with one attached hydrogen (secondary N) is 2. The molecule has 1 aromatic heterocycles. The smallest absolute Gasteiger partial charge is 0.395 e. The van der Waals surface area contributed by atoms with E-state index in [9.17, 15) is 27.1 Å². The van der Waals surface area contributed by atoms with E-state index in [-0.39, 0.29) is 35.9 Å². The van der Waals surface area contributed by atoms with Crippen molar-refractivity contribution >= 4 is 32.5 Å². The molecule has 1 aliphatic heterocycles. The summed E-state index contributed by atoms with van der Waals surface area (Å²) in [5, 5.41) is 14.3. The summed E-state index contributed by atoms with van der Waals surface area (Å²) in [5.41, 5.74) is 1.80. The van der Waals surface area contributed by atoms with Crippen molar-refractivity contribution in [1.29, 1.82) is 0 Å². The summed E-state index contributed by atoms with van der Waals surface area (Å²) in [5.74, 6) is -0.407. The van der Waals surface area contributed by atoms with Crippen molar-refractivity contribution in [3.8, 4) is 11.5 Å². The zero-order chi connectivity index (χ0) is 28.4. The standard InChI is InChI=1S/C27H31F2N3O6S/c1-25(2,3)23-12-16-11-18(6-7-20(16)32(23)15-19(33)14-30-39(4,35)36)31-24(34)26(9-10-26)17-5-8-21-22(13-17)38-27(28,29)37-21/h5-8,11-13,19,30,33H,9-10,14-15H2,1-4H3,(H,31,34)/t19-/m1/s1. The average molecular weight is 564 g/mol. The molecule has 0 saturated heterocycles. The minimum atomic E-state index is -3.72. The predicted octanol–water partition coefficient (Wildman–Crippen LogP) is 3.84. The number of amides is 1. The van der Waals surface area contributed by atoms with Crippen LogP contribution in [0.5, 0.6) is 11.5 Å². The van der Waals surface area contributed by atoms with E-state index in [1.54, 1.807) is 12.1 Å². The Balaban J connectivity index is 1.38. The number of carbonyl (C=O) groups excluding carboxylic acids is 1. The van der Waals surface area contributed by atoms with Crippen LogP contribution in [0.3, 0.4) is 0 Å². The van der Waals surface area contributed by atoms with Crippen LogP contribution < -0.4 is 19.5 Å². The number of hydrogen-bond acceptors (Lipinski definition) is 6. The zero-order valence-corrected chi connectivity index (χ0v) is 22.9. The summed E-state index contributed by atoms with van der Waals surface area (Å²) in [6.45, 7) is 6.19. The number of benzene rings is 2. The molecule has 3 aromatic rings. The number of anilines is 1. The first-order valence-corrected chi connectivity index (χ1v) is 14.4. The number of sulfonamides is 1. The highest BCUT2D eigenvalue weighted by atomic mass is 32.2. The summed E-state index contributed by atoms with van der Waals surface area (Å²) in [6, 6.07) is 11.9. The molecule has 12 heteroatoms. The van der Waals surface area contributed by atoms with Crippen molar-refractivity contribution in [2.75, 3.05) is 18.1 Å². The van der Waals surface area contributed by atoms with Gasteiger partial charge in [-0.15, -0.1) is 8.78 Å². The Morgan fingerprint density at radius 2 is 1.79 bits per heavy atom. The Morgan fingerprint density at radius 3 is 2.44 bits per heavy atom. The van der Waals surface area contributed by atoms with Crippen LogP contribution in [0, 0.1) is 0 Å². The van der Waals surface area contributed by atoms with Crippen molar-refractivity contribution in [1.82, 2.24) is 9.29 Å². The lowest BCUT2D eigenvalue weighted by Crippen LogP contribution is -2.34. The van der Waals surface area contributed by atoms with Crippen LogP contribution in [0.2, 0.25) is 0 Å². The van der Waals surface area contributed by atoms with Crippen LogP contribution in [0.1, 0.15) is 44.9 Å². The first kappa shape index (κ1) is 27.4. The minimum absolute atomic E-state index is 0.0678. The summed E-state index contributed by atoms with van der Waals surface area (Å²) in [4.78, 5) is 13.4. The molecule has 0 unspecified atom stereocenters. The maximum absolute atomic E-state index is 13.4. The van der Waals surface area contributed by atoms with E-state index in [4.69, 9.17) is 0 Å². The van der Waals surface area contributed by atoms with Gasteiger partial charge in [-0.3, -0.25) is 4.79 Å². The number of aliphatic hydroxyl groups excluding tert-OH is 1. The van der Waals surface area contributed by atoms with E-state index < -0.39 is 27.8 Å². The molecule has 1 fully saturated rings. The average Bonchev–Trinajstić information content (AvgIpc) is 3.46. The highest BCUT2D eigenvalue weighted by Crippen LogP contribution is 2.52.